The molecular weight excluding hydrogens is 512 g/mol. The van der Waals surface area contributed by atoms with Gasteiger partial charge in [0.25, 0.3) is 0 Å². The molecular formula is C40H22O2. The molecule has 0 atom stereocenters. The molecule has 9 aromatic rings. The average Bonchev–Trinajstić information content (AvgIpc) is 3.71. The van der Waals surface area contributed by atoms with Crippen LogP contribution in [-0.4, -0.2) is 0 Å². The van der Waals surface area contributed by atoms with E-state index >= 15 is 0 Å². The second-order valence-electron chi connectivity index (χ2n) is 11.2. The minimum atomic E-state index is 0.894. The first-order chi connectivity index (χ1) is 20.8. The van der Waals surface area contributed by atoms with Gasteiger partial charge in [-0.25, -0.2) is 0 Å². The Morgan fingerprint density at radius 2 is 0.881 bits per heavy atom. The lowest BCUT2D eigenvalue weighted by atomic mass is 9.92. The van der Waals surface area contributed by atoms with E-state index in [9.17, 15) is 0 Å². The molecule has 1 aliphatic carbocycles. The Morgan fingerprint density at radius 1 is 0.286 bits per heavy atom. The molecule has 0 saturated heterocycles. The summed E-state index contributed by atoms with van der Waals surface area (Å²) in [5.41, 5.74) is 13.6. The molecule has 0 unspecified atom stereocenters. The normalized spacial score (nSPS) is 12.3. The van der Waals surface area contributed by atoms with Crippen LogP contribution in [0.3, 0.4) is 0 Å². The molecule has 2 aromatic heterocycles. The molecule has 0 amide bonds. The summed E-state index contributed by atoms with van der Waals surface area (Å²) >= 11 is 0. The highest BCUT2D eigenvalue weighted by Crippen LogP contribution is 2.50. The molecule has 0 saturated carbocycles. The quantitative estimate of drug-likeness (QED) is 0.220. The van der Waals surface area contributed by atoms with E-state index in [-0.39, 0.29) is 0 Å². The van der Waals surface area contributed by atoms with E-state index in [2.05, 4.69) is 121 Å². The molecule has 0 N–H and O–H groups in total. The number of fused-ring (bicyclic) bond motifs is 9. The zero-order chi connectivity index (χ0) is 27.4. The summed E-state index contributed by atoms with van der Waals surface area (Å²) in [7, 11) is 0. The molecule has 194 valence electrons. The zero-order valence-electron chi connectivity index (χ0n) is 22.5. The molecule has 2 nitrogen and oxygen atoms in total. The second-order valence-corrected chi connectivity index (χ2v) is 11.2. The van der Waals surface area contributed by atoms with Crippen LogP contribution in [0.4, 0.5) is 0 Å². The van der Waals surface area contributed by atoms with Crippen LogP contribution >= 0.6 is 0 Å². The van der Waals surface area contributed by atoms with Gasteiger partial charge in [-0.15, -0.1) is 0 Å². The predicted molar refractivity (Wildman–Crippen MR) is 174 cm³/mol. The van der Waals surface area contributed by atoms with Gasteiger partial charge in [0.05, 0.1) is 0 Å². The van der Waals surface area contributed by atoms with Gasteiger partial charge in [0.2, 0.25) is 0 Å². The summed E-state index contributed by atoms with van der Waals surface area (Å²) < 4.78 is 12.6. The first kappa shape index (κ1) is 22.1. The van der Waals surface area contributed by atoms with Crippen molar-refractivity contribution in [2.45, 2.75) is 0 Å². The molecule has 2 heterocycles. The number of furan rings is 2. The Kier molecular flexibility index (Phi) is 4.21. The van der Waals surface area contributed by atoms with Crippen molar-refractivity contribution in [3.05, 3.63) is 133 Å². The van der Waals surface area contributed by atoms with Crippen LogP contribution < -0.4 is 0 Å². The van der Waals surface area contributed by atoms with Gasteiger partial charge >= 0.3 is 0 Å². The standard InChI is InChI=1S/C40H22O2/c1-2-8-26-25(7-1)29-10-5-11-30-27(18-19-32(26)39(29)30)31-12-6-14-37-40(31)33-17-15-24(22-38(33)42-37)23-16-20-36-34(21-23)28-9-3-4-13-35(28)41-36/h1-22H. The van der Waals surface area contributed by atoms with E-state index in [0.29, 0.717) is 0 Å². The van der Waals surface area contributed by atoms with Crippen molar-refractivity contribution < 1.29 is 8.83 Å². The fraction of sp³-hybridized carbons (Fsp3) is 0. The highest BCUT2D eigenvalue weighted by atomic mass is 16.3. The Balaban J connectivity index is 1.17. The van der Waals surface area contributed by atoms with Gasteiger partial charge < -0.3 is 8.83 Å². The maximum atomic E-state index is 6.52. The van der Waals surface area contributed by atoms with E-state index in [0.717, 1.165) is 55.0 Å². The predicted octanol–water partition coefficient (Wildman–Crippen LogP) is 11.6. The molecule has 42 heavy (non-hydrogen) atoms. The summed E-state index contributed by atoms with van der Waals surface area (Å²) in [6.45, 7) is 0. The number of rotatable bonds is 2. The summed E-state index contributed by atoms with van der Waals surface area (Å²) in [6, 6.07) is 47.7. The van der Waals surface area contributed by atoms with Crippen molar-refractivity contribution >= 4 is 54.6 Å². The van der Waals surface area contributed by atoms with Gasteiger partial charge in [0, 0.05) is 21.5 Å². The number of para-hydroxylation sites is 1. The molecule has 0 bridgehead atoms. The number of benzene rings is 7. The van der Waals surface area contributed by atoms with Crippen LogP contribution in [0, 0.1) is 0 Å². The second kappa shape index (κ2) is 7.99. The van der Waals surface area contributed by atoms with Crippen molar-refractivity contribution in [3.8, 4) is 44.5 Å². The summed E-state index contributed by atoms with van der Waals surface area (Å²) in [5.74, 6) is 0. The minimum Gasteiger partial charge on any atom is -0.456 e. The third-order valence-electron chi connectivity index (χ3n) is 9.05. The lowest BCUT2D eigenvalue weighted by molar-refractivity contribution is 0.669. The molecule has 1 aliphatic rings. The lowest BCUT2D eigenvalue weighted by Crippen LogP contribution is -1.84. The Morgan fingerprint density at radius 3 is 1.79 bits per heavy atom. The molecule has 2 heteroatoms. The topological polar surface area (TPSA) is 26.3 Å². The van der Waals surface area contributed by atoms with Crippen molar-refractivity contribution in [1.82, 2.24) is 0 Å². The summed E-state index contributed by atoms with van der Waals surface area (Å²) in [5, 5.41) is 7.17. The van der Waals surface area contributed by atoms with Gasteiger partial charge in [0.15, 0.2) is 0 Å². The molecule has 0 spiro atoms. The molecule has 7 aromatic carbocycles. The van der Waals surface area contributed by atoms with Crippen LogP contribution in [0.25, 0.3) is 99.2 Å². The fourth-order valence-electron chi connectivity index (χ4n) is 7.18. The molecule has 0 aliphatic heterocycles. The first-order valence-corrected chi connectivity index (χ1v) is 14.3. The first-order valence-electron chi connectivity index (χ1n) is 14.3. The summed E-state index contributed by atoms with van der Waals surface area (Å²) in [6.07, 6.45) is 0. The Hall–Kier alpha value is -5.60. The minimum absolute atomic E-state index is 0.894. The van der Waals surface area contributed by atoms with E-state index in [4.69, 9.17) is 8.83 Å². The smallest absolute Gasteiger partial charge is 0.136 e. The Bertz CT molecular complexity index is 2550. The molecule has 0 radical (unpaired) electrons. The van der Waals surface area contributed by atoms with Crippen molar-refractivity contribution in [2.24, 2.45) is 0 Å². The van der Waals surface area contributed by atoms with Crippen LogP contribution in [-0.2, 0) is 0 Å². The highest BCUT2D eigenvalue weighted by Gasteiger charge is 2.23. The van der Waals surface area contributed by atoms with E-state index in [1.807, 2.05) is 12.1 Å². The van der Waals surface area contributed by atoms with Gasteiger partial charge in [0.1, 0.15) is 22.3 Å². The van der Waals surface area contributed by atoms with Gasteiger partial charge in [-0.05, 0) is 91.7 Å². The van der Waals surface area contributed by atoms with Gasteiger partial charge in [-0.1, -0.05) is 97.1 Å². The van der Waals surface area contributed by atoms with Gasteiger partial charge in [-0.3, -0.25) is 0 Å². The van der Waals surface area contributed by atoms with E-state index < -0.39 is 0 Å². The van der Waals surface area contributed by atoms with Crippen molar-refractivity contribution in [1.29, 1.82) is 0 Å². The third-order valence-corrected chi connectivity index (χ3v) is 9.05. The van der Waals surface area contributed by atoms with Gasteiger partial charge in [-0.2, -0.15) is 0 Å². The fourth-order valence-corrected chi connectivity index (χ4v) is 7.18. The van der Waals surface area contributed by atoms with Crippen LogP contribution in [0.1, 0.15) is 0 Å². The number of hydrogen-bond donors (Lipinski definition) is 0. The third kappa shape index (κ3) is 2.88. The summed E-state index contributed by atoms with van der Waals surface area (Å²) in [4.78, 5) is 0. The number of hydrogen-bond acceptors (Lipinski definition) is 2. The van der Waals surface area contributed by atoms with Crippen LogP contribution in [0.5, 0.6) is 0 Å². The maximum Gasteiger partial charge on any atom is 0.136 e. The lowest BCUT2D eigenvalue weighted by Gasteiger charge is -2.11. The SMILES string of the molecule is c1ccc2c(c1)-c1cccc3c(-c4cccc5oc6cc(-c7ccc8oc9ccccc9c8c7)ccc6c45)ccc-2c13. The molecule has 0 fully saturated rings. The van der Waals surface area contributed by atoms with E-state index in [1.54, 1.807) is 0 Å². The van der Waals surface area contributed by atoms with Crippen LogP contribution in [0.15, 0.2) is 142 Å². The van der Waals surface area contributed by atoms with Crippen LogP contribution in [0.2, 0.25) is 0 Å². The molecule has 10 rings (SSSR count). The van der Waals surface area contributed by atoms with Crippen molar-refractivity contribution in [3.63, 3.8) is 0 Å². The maximum absolute atomic E-state index is 6.52. The van der Waals surface area contributed by atoms with E-state index in [1.165, 1.54) is 44.2 Å². The van der Waals surface area contributed by atoms with Crippen molar-refractivity contribution in [2.75, 3.05) is 0 Å². The highest BCUT2D eigenvalue weighted by molar-refractivity contribution is 6.22. The Labute approximate surface area is 241 Å². The monoisotopic (exact) mass is 534 g/mol. The zero-order valence-corrected chi connectivity index (χ0v) is 22.5. The largest absolute Gasteiger partial charge is 0.456 e. The average molecular weight is 535 g/mol.